The predicted molar refractivity (Wildman–Crippen MR) is 39.5 cm³/mol. The molecule has 2 heterocycles. The van der Waals surface area contributed by atoms with Gasteiger partial charge >= 0.3 is 0 Å². The van der Waals surface area contributed by atoms with E-state index in [-0.39, 0.29) is 0 Å². The minimum atomic E-state index is 0.775. The van der Waals surface area contributed by atoms with Gasteiger partial charge in [-0.3, -0.25) is 0 Å². The van der Waals surface area contributed by atoms with E-state index in [2.05, 4.69) is 5.10 Å². The summed E-state index contributed by atoms with van der Waals surface area (Å²) < 4.78 is 7.16. The summed E-state index contributed by atoms with van der Waals surface area (Å²) in [6.07, 6.45) is 2.01. The van der Waals surface area contributed by atoms with E-state index in [4.69, 9.17) is 4.74 Å². The highest BCUT2D eigenvalue weighted by atomic mass is 32.2. The van der Waals surface area contributed by atoms with E-state index >= 15 is 0 Å². The van der Waals surface area contributed by atoms with Gasteiger partial charge in [0.15, 0.2) is 0 Å². The van der Waals surface area contributed by atoms with Crippen molar-refractivity contribution in [2.45, 2.75) is 11.6 Å². The Labute approximate surface area is 63.4 Å². The molecule has 0 N–H and O–H groups in total. The molecule has 0 saturated heterocycles. The van der Waals surface area contributed by atoms with E-state index in [0.717, 1.165) is 24.1 Å². The number of thioether (sulfide) groups is 1. The van der Waals surface area contributed by atoms with E-state index in [9.17, 15) is 0 Å². The molecule has 1 aliphatic rings. The van der Waals surface area contributed by atoms with E-state index in [0.29, 0.717) is 0 Å². The molecule has 0 aromatic carbocycles. The van der Waals surface area contributed by atoms with Crippen LogP contribution < -0.4 is 4.74 Å². The van der Waals surface area contributed by atoms with E-state index < -0.39 is 0 Å². The number of ether oxygens (including phenoxy) is 1. The molecular weight excluding hydrogens is 148 g/mol. The van der Waals surface area contributed by atoms with Gasteiger partial charge in [0.2, 0.25) is 5.88 Å². The zero-order valence-corrected chi connectivity index (χ0v) is 6.52. The highest BCUT2D eigenvalue weighted by molar-refractivity contribution is 7.98. The molecule has 4 heteroatoms. The zero-order valence-electron chi connectivity index (χ0n) is 5.70. The predicted octanol–water partition coefficient (Wildman–Crippen LogP) is 0.997. The maximum atomic E-state index is 5.27. The van der Waals surface area contributed by atoms with Crippen molar-refractivity contribution in [2.24, 2.45) is 0 Å². The van der Waals surface area contributed by atoms with Crippen LogP contribution in [-0.4, -0.2) is 22.6 Å². The summed E-state index contributed by atoms with van der Waals surface area (Å²) in [6.45, 7) is 1.67. The summed E-state index contributed by atoms with van der Waals surface area (Å²) >= 11 is 1.64. The van der Waals surface area contributed by atoms with Crippen LogP contribution in [0.4, 0.5) is 0 Å². The number of rotatable bonds is 1. The molecule has 0 bridgehead atoms. The van der Waals surface area contributed by atoms with E-state index in [1.165, 1.54) is 0 Å². The average molecular weight is 156 g/mol. The van der Waals surface area contributed by atoms with Crippen LogP contribution in [0.5, 0.6) is 5.88 Å². The molecule has 0 unspecified atom stereocenters. The lowest BCUT2D eigenvalue weighted by Crippen LogP contribution is -1.95. The van der Waals surface area contributed by atoms with Crippen molar-refractivity contribution in [1.29, 1.82) is 0 Å². The van der Waals surface area contributed by atoms with Gasteiger partial charge < -0.3 is 4.74 Å². The zero-order chi connectivity index (χ0) is 6.97. The third-order valence-electron chi connectivity index (χ3n) is 1.48. The Kier molecular flexibility index (Phi) is 1.34. The molecule has 3 nitrogen and oxygen atoms in total. The molecule has 0 saturated carbocycles. The number of fused-ring (bicyclic) bond motifs is 1. The van der Waals surface area contributed by atoms with Crippen molar-refractivity contribution < 1.29 is 4.74 Å². The van der Waals surface area contributed by atoms with Gasteiger partial charge in [0.25, 0.3) is 0 Å². The van der Waals surface area contributed by atoms with Gasteiger partial charge in [0.1, 0.15) is 11.6 Å². The fourth-order valence-electron chi connectivity index (χ4n) is 0.990. The van der Waals surface area contributed by atoms with Crippen molar-refractivity contribution in [3.05, 3.63) is 6.07 Å². The lowest BCUT2D eigenvalue weighted by Gasteiger charge is -1.86. The van der Waals surface area contributed by atoms with Crippen molar-refractivity contribution >= 4 is 11.8 Å². The first-order chi connectivity index (χ1) is 4.90. The molecule has 0 aliphatic carbocycles. The van der Waals surface area contributed by atoms with Crippen LogP contribution in [0.2, 0.25) is 0 Å². The molecule has 0 spiro atoms. The number of nitrogens with zero attached hydrogens (tertiary/aromatic N) is 2. The van der Waals surface area contributed by atoms with Crippen LogP contribution in [0, 0.1) is 0 Å². The molecule has 2 rings (SSSR count). The third kappa shape index (κ3) is 0.794. The van der Waals surface area contributed by atoms with Gasteiger partial charge in [-0.05, 0) is 6.26 Å². The minimum Gasteiger partial charge on any atom is -0.476 e. The quantitative estimate of drug-likeness (QED) is 0.567. The molecule has 0 fully saturated rings. The Morgan fingerprint density at radius 2 is 2.70 bits per heavy atom. The Morgan fingerprint density at radius 1 is 1.80 bits per heavy atom. The van der Waals surface area contributed by atoms with Crippen molar-refractivity contribution in [3.8, 4) is 5.88 Å². The first-order valence-corrected chi connectivity index (χ1v) is 4.37. The van der Waals surface area contributed by atoms with E-state index in [1.807, 2.05) is 17.0 Å². The Bertz CT molecular complexity index is 224. The normalized spacial score (nSPS) is 14.9. The van der Waals surface area contributed by atoms with Crippen LogP contribution in [0.25, 0.3) is 0 Å². The van der Waals surface area contributed by atoms with E-state index in [1.54, 1.807) is 11.8 Å². The molecule has 1 aliphatic heterocycles. The minimum absolute atomic E-state index is 0.775. The molecule has 54 valence electrons. The van der Waals surface area contributed by atoms with Crippen LogP contribution in [0.1, 0.15) is 0 Å². The van der Waals surface area contributed by atoms with Gasteiger partial charge in [0, 0.05) is 6.07 Å². The molecule has 10 heavy (non-hydrogen) atoms. The fourth-order valence-corrected chi connectivity index (χ4v) is 1.39. The second-order valence-corrected chi connectivity index (χ2v) is 2.92. The summed E-state index contributed by atoms with van der Waals surface area (Å²) in [4.78, 5) is 0. The monoisotopic (exact) mass is 156 g/mol. The lowest BCUT2D eigenvalue weighted by atomic mass is 10.7. The van der Waals surface area contributed by atoms with Crippen molar-refractivity contribution in [2.75, 3.05) is 12.9 Å². The summed E-state index contributed by atoms with van der Waals surface area (Å²) in [5, 5.41) is 5.30. The molecule has 1 aromatic heterocycles. The summed E-state index contributed by atoms with van der Waals surface area (Å²) in [6, 6.07) is 1.97. The third-order valence-corrected chi connectivity index (χ3v) is 2.10. The van der Waals surface area contributed by atoms with Crippen LogP contribution in [0.3, 0.4) is 0 Å². The van der Waals surface area contributed by atoms with Gasteiger partial charge in [0.05, 0.1) is 6.54 Å². The average Bonchev–Trinajstić information content (AvgIpc) is 2.42. The highest BCUT2D eigenvalue weighted by Gasteiger charge is 2.13. The molecule has 0 radical (unpaired) electrons. The Hall–Kier alpha value is -0.640. The SMILES string of the molecule is CSc1cc2n(n1)CCO2. The standard InChI is InChI=1S/C6H8N2OS/c1-10-5-4-6-8(7-5)2-3-9-6/h4H,2-3H2,1H3. The maximum Gasteiger partial charge on any atom is 0.213 e. The number of aromatic nitrogens is 2. The lowest BCUT2D eigenvalue weighted by molar-refractivity contribution is 0.356. The topological polar surface area (TPSA) is 27.1 Å². The van der Waals surface area contributed by atoms with Gasteiger partial charge in [-0.1, -0.05) is 0 Å². The molecule has 0 amide bonds. The maximum absolute atomic E-state index is 5.27. The van der Waals surface area contributed by atoms with Crippen LogP contribution >= 0.6 is 11.8 Å². The summed E-state index contributed by atoms with van der Waals surface area (Å²) in [5.74, 6) is 0.907. The fraction of sp³-hybridized carbons (Fsp3) is 0.500. The van der Waals surface area contributed by atoms with Gasteiger partial charge in [-0.25, -0.2) is 4.68 Å². The largest absolute Gasteiger partial charge is 0.476 e. The number of hydrogen-bond acceptors (Lipinski definition) is 3. The smallest absolute Gasteiger partial charge is 0.213 e. The molecule has 1 aromatic rings. The van der Waals surface area contributed by atoms with Gasteiger partial charge in [-0.15, -0.1) is 11.8 Å². The molecule has 0 atom stereocenters. The second kappa shape index (κ2) is 2.20. The van der Waals surface area contributed by atoms with Gasteiger partial charge in [-0.2, -0.15) is 5.10 Å². The summed E-state index contributed by atoms with van der Waals surface area (Å²) in [7, 11) is 0. The Morgan fingerprint density at radius 3 is 3.40 bits per heavy atom. The molecular formula is C6H8N2OS. The van der Waals surface area contributed by atoms with Crippen molar-refractivity contribution in [1.82, 2.24) is 9.78 Å². The first-order valence-electron chi connectivity index (χ1n) is 3.15. The van der Waals surface area contributed by atoms with Crippen LogP contribution in [0.15, 0.2) is 11.1 Å². The van der Waals surface area contributed by atoms with Crippen LogP contribution in [-0.2, 0) is 6.54 Å². The second-order valence-electron chi connectivity index (χ2n) is 2.10. The highest BCUT2D eigenvalue weighted by Crippen LogP contribution is 2.23. The Balaban J connectivity index is 2.37. The number of hydrogen-bond donors (Lipinski definition) is 0. The van der Waals surface area contributed by atoms with Crippen molar-refractivity contribution in [3.63, 3.8) is 0 Å². The summed E-state index contributed by atoms with van der Waals surface area (Å²) in [5.41, 5.74) is 0. The first kappa shape index (κ1) is 6.09.